The number of carbonyl (C=O) groups excluding carboxylic acids is 2. The van der Waals surface area contributed by atoms with Crippen molar-refractivity contribution in [1.29, 1.82) is 0 Å². The minimum absolute atomic E-state index is 0.00751. The third kappa shape index (κ3) is 5.67. The molecule has 0 aliphatic carbocycles. The standard InChI is InChI=1S/C18H27N3O2/c1-13(2)18(23)20-16-6-4-5-15(11-16)19-17(22)12-21-9-7-14(3)8-10-21/h4-6,11,13-14H,7-10,12H2,1-3H3,(H,19,22)(H,20,23). The van der Waals surface area contributed by atoms with Crippen LogP contribution in [-0.4, -0.2) is 36.3 Å². The van der Waals surface area contributed by atoms with Crippen LogP contribution in [0.3, 0.4) is 0 Å². The summed E-state index contributed by atoms with van der Waals surface area (Å²) in [6.07, 6.45) is 2.31. The smallest absolute Gasteiger partial charge is 0.238 e. The topological polar surface area (TPSA) is 61.4 Å². The molecule has 0 bridgehead atoms. The molecule has 1 saturated heterocycles. The SMILES string of the molecule is CC1CCN(CC(=O)Nc2cccc(NC(=O)C(C)C)c2)CC1. The maximum absolute atomic E-state index is 12.2. The average Bonchev–Trinajstić information content (AvgIpc) is 2.49. The number of nitrogens with one attached hydrogen (secondary N) is 2. The van der Waals surface area contributed by atoms with Crippen LogP contribution in [0.15, 0.2) is 24.3 Å². The Bertz CT molecular complexity index is 549. The lowest BCUT2D eigenvalue weighted by molar-refractivity contribution is -0.119. The molecule has 1 fully saturated rings. The summed E-state index contributed by atoms with van der Waals surface area (Å²) >= 11 is 0. The van der Waals surface area contributed by atoms with E-state index in [9.17, 15) is 9.59 Å². The van der Waals surface area contributed by atoms with E-state index in [2.05, 4.69) is 22.5 Å². The minimum atomic E-state index is -0.0743. The molecule has 0 radical (unpaired) electrons. The third-order valence-electron chi connectivity index (χ3n) is 4.18. The van der Waals surface area contributed by atoms with Crippen LogP contribution in [0.2, 0.25) is 0 Å². The van der Waals surface area contributed by atoms with E-state index in [1.54, 1.807) is 6.07 Å². The lowest BCUT2D eigenvalue weighted by atomic mass is 9.99. The molecular formula is C18H27N3O2. The number of carbonyl (C=O) groups is 2. The summed E-state index contributed by atoms with van der Waals surface area (Å²) in [5.74, 6) is 0.646. The maximum atomic E-state index is 12.2. The highest BCUT2D eigenvalue weighted by atomic mass is 16.2. The van der Waals surface area contributed by atoms with Crippen LogP contribution in [0.5, 0.6) is 0 Å². The number of hydrogen-bond donors (Lipinski definition) is 2. The number of nitrogens with zero attached hydrogens (tertiary/aromatic N) is 1. The molecular weight excluding hydrogens is 290 g/mol. The number of hydrogen-bond acceptors (Lipinski definition) is 3. The first-order chi connectivity index (χ1) is 10.9. The molecule has 0 saturated carbocycles. The maximum Gasteiger partial charge on any atom is 0.238 e. The molecule has 1 aliphatic heterocycles. The van der Waals surface area contributed by atoms with Gasteiger partial charge in [0.1, 0.15) is 0 Å². The highest BCUT2D eigenvalue weighted by Gasteiger charge is 2.18. The van der Waals surface area contributed by atoms with Crippen molar-refractivity contribution in [2.24, 2.45) is 11.8 Å². The van der Waals surface area contributed by atoms with Gasteiger partial charge in [-0.15, -0.1) is 0 Å². The number of anilines is 2. The molecule has 1 heterocycles. The highest BCUT2D eigenvalue weighted by Crippen LogP contribution is 2.17. The fraction of sp³-hybridized carbons (Fsp3) is 0.556. The molecule has 5 heteroatoms. The van der Waals surface area contributed by atoms with Crippen LogP contribution in [0.25, 0.3) is 0 Å². The number of likely N-dealkylation sites (tertiary alicyclic amines) is 1. The highest BCUT2D eigenvalue weighted by molar-refractivity contribution is 5.95. The summed E-state index contributed by atoms with van der Waals surface area (Å²) in [6.45, 7) is 8.35. The molecule has 2 N–H and O–H groups in total. The van der Waals surface area contributed by atoms with E-state index in [0.717, 1.165) is 31.8 Å². The Morgan fingerprint density at radius 3 is 2.39 bits per heavy atom. The van der Waals surface area contributed by atoms with Crippen LogP contribution in [0.1, 0.15) is 33.6 Å². The van der Waals surface area contributed by atoms with Crippen molar-refractivity contribution in [3.63, 3.8) is 0 Å². The molecule has 5 nitrogen and oxygen atoms in total. The predicted molar refractivity (Wildman–Crippen MR) is 93.4 cm³/mol. The van der Waals surface area contributed by atoms with Gasteiger partial charge in [0.15, 0.2) is 0 Å². The first-order valence-electron chi connectivity index (χ1n) is 8.37. The Labute approximate surface area is 138 Å². The van der Waals surface area contributed by atoms with Gasteiger partial charge in [0.2, 0.25) is 11.8 Å². The van der Waals surface area contributed by atoms with Gasteiger partial charge in [-0.2, -0.15) is 0 Å². The van der Waals surface area contributed by atoms with Gasteiger partial charge in [0.05, 0.1) is 6.54 Å². The van der Waals surface area contributed by atoms with Gasteiger partial charge in [0.25, 0.3) is 0 Å². The largest absolute Gasteiger partial charge is 0.326 e. The van der Waals surface area contributed by atoms with Crippen molar-refractivity contribution in [3.05, 3.63) is 24.3 Å². The normalized spacial score (nSPS) is 16.3. The Morgan fingerprint density at radius 1 is 1.17 bits per heavy atom. The molecule has 0 spiro atoms. The average molecular weight is 317 g/mol. The molecule has 23 heavy (non-hydrogen) atoms. The van der Waals surface area contributed by atoms with Crippen LogP contribution >= 0.6 is 0 Å². The van der Waals surface area contributed by atoms with Gasteiger partial charge < -0.3 is 10.6 Å². The van der Waals surface area contributed by atoms with Crippen molar-refractivity contribution in [3.8, 4) is 0 Å². The van der Waals surface area contributed by atoms with Gasteiger partial charge in [0, 0.05) is 17.3 Å². The van der Waals surface area contributed by atoms with Gasteiger partial charge in [-0.05, 0) is 50.0 Å². The van der Waals surface area contributed by atoms with E-state index in [-0.39, 0.29) is 17.7 Å². The van der Waals surface area contributed by atoms with Crippen molar-refractivity contribution >= 4 is 23.2 Å². The Hall–Kier alpha value is -1.88. The van der Waals surface area contributed by atoms with E-state index in [4.69, 9.17) is 0 Å². The lowest BCUT2D eigenvalue weighted by Gasteiger charge is -2.29. The predicted octanol–water partition coefficient (Wildman–Crippen LogP) is 2.95. The minimum Gasteiger partial charge on any atom is -0.326 e. The van der Waals surface area contributed by atoms with Crippen molar-refractivity contribution in [2.75, 3.05) is 30.3 Å². The number of rotatable bonds is 5. The monoisotopic (exact) mass is 317 g/mol. The van der Waals surface area contributed by atoms with E-state index in [1.807, 2.05) is 32.0 Å². The summed E-state index contributed by atoms with van der Waals surface area (Å²) in [6, 6.07) is 7.27. The summed E-state index contributed by atoms with van der Waals surface area (Å²) in [5, 5.41) is 5.75. The zero-order valence-electron chi connectivity index (χ0n) is 14.3. The van der Waals surface area contributed by atoms with Gasteiger partial charge in [-0.1, -0.05) is 26.8 Å². The first kappa shape index (κ1) is 17.5. The number of amides is 2. The molecule has 1 aliphatic rings. The zero-order chi connectivity index (χ0) is 16.8. The van der Waals surface area contributed by atoms with Crippen LogP contribution in [-0.2, 0) is 9.59 Å². The fourth-order valence-corrected chi connectivity index (χ4v) is 2.59. The fourth-order valence-electron chi connectivity index (χ4n) is 2.59. The van der Waals surface area contributed by atoms with Gasteiger partial charge in [-0.25, -0.2) is 0 Å². The Morgan fingerprint density at radius 2 is 1.78 bits per heavy atom. The second-order valence-electron chi connectivity index (χ2n) is 6.73. The van der Waals surface area contributed by atoms with E-state index >= 15 is 0 Å². The summed E-state index contributed by atoms with van der Waals surface area (Å²) in [7, 11) is 0. The third-order valence-corrected chi connectivity index (χ3v) is 4.18. The van der Waals surface area contributed by atoms with E-state index in [1.165, 1.54) is 0 Å². The number of piperidine rings is 1. The molecule has 0 unspecified atom stereocenters. The van der Waals surface area contributed by atoms with E-state index < -0.39 is 0 Å². The molecule has 2 rings (SSSR count). The Kier molecular flexibility index (Phi) is 6.16. The van der Waals surface area contributed by atoms with E-state index in [0.29, 0.717) is 17.9 Å². The van der Waals surface area contributed by atoms with Crippen LogP contribution in [0.4, 0.5) is 11.4 Å². The van der Waals surface area contributed by atoms with Crippen LogP contribution < -0.4 is 10.6 Å². The first-order valence-corrected chi connectivity index (χ1v) is 8.37. The molecule has 0 atom stereocenters. The quantitative estimate of drug-likeness (QED) is 0.878. The molecule has 126 valence electrons. The summed E-state index contributed by atoms with van der Waals surface area (Å²) in [4.78, 5) is 26.1. The second-order valence-corrected chi connectivity index (χ2v) is 6.73. The van der Waals surface area contributed by atoms with Crippen molar-refractivity contribution in [2.45, 2.75) is 33.6 Å². The Balaban J connectivity index is 1.87. The lowest BCUT2D eigenvalue weighted by Crippen LogP contribution is -2.38. The summed E-state index contributed by atoms with van der Waals surface area (Å²) in [5.41, 5.74) is 1.41. The van der Waals surface area contributed by atoms with Gasteiger partial charge >= 0.3 is 0 Å². The van der Waals surface area contributed by atoms with Crippen molar-refractivity contribution < 1.29 is 9.59 Å². The molecule has 1 aromatic carbocycles. The van der Waals surface area contributed by atoms with Gasteiger partial charge in [-0.3, -0.25) is 14.5 Å². The zero-order valence-corrected chi connectivity index (χ0v) is 14.3. The van der Waals surface area contributed by atoms with Crippen LogP contribution in [0, 0.1) is 11.8 Å². The molecule has 0 aromatic heterocycles. The summed E-state index contributed by atoms with van der Waals surface area (Å²) < 4.78 is 0. The molecule has 2 amide bonds. The second kappa shape index (κ2) is 8.11. The van der Waals surface area contributed by atoms with Crippen molar-refractivity contribution in [1.82, 2.24) is 4.90 Å². The number of benzene rings is 1. The molecule has 1 aromatic rings.